The lowest BCUT2D eigenvalue weighted by Crippen LogP contribution is -2.16. The van der Waals surface area contributed by atoms with Crippen LogP contribution in [-0.2, 0) is 13.0 Å². The largest absolute Gasteiger partial charge is 0.361 e. The first-order valence-corrected chi connectivity index (χ1v) is 7.56. The van der Waals surface area contributed by atoms with Gasteiger partial charge in [0.1, 0.15) is 0 Å². The van der Waals surface area contributed by atoms with E-state index in [4.69, 9.17) is 0 Å². The van der Waals surface area contributed by atoms with Crippen molar-refractivity contribution in [2.24, 2.45) is 0 Å². The zero-order valence-corrected chi connectivity index (χ0v) is 12.7. The van der Waals surface area contributed by atoms with E-state index < -0.39 is 0 Å². The minimum Gasteiger partial charge on any atom is -0.361 e. The van der Waals surface area contributed by atoms with Gasteiger partial charge in [0.25, 0.3) is 0 Å². The lowest BCUT2D eigenvalue weighted by Gasteiger charge is -2.07. The minimum absolute atomic E-state index is 0.934. The first-order chi connectivity index (χ1) is 10.2. The maximum Gasteiger partial charge on any atom is 0.0456 e. The number of fused-ring (bicyclic) bond motifs is 1. The second kappa shape index (κ2) is 6.15. The third kappa shape index (κ3) is 3.17. The van der Waals surface area contributed by atoms with Crippen LogP contribution in [0.5, 0.6) is 0 Å². The highest BCUT2D eigenvalue weighted by atomic mass is 14.8. The van der Waals surface area contributed by atoms with Crippen molar-refractivity contribution in [3.8, 4) is 0 Å². The maximum absolute atomic E-state index is 3.54. The van der Waals surface area contributed by atoms with Crippen molar-refractivity contribution in [2.45, 2.75) is 26.8 Å². The van der Waals surface area contributed by atoms with Gasteiger partial charge in [-0.2, -0.15) is 0 Å². The molecule has 3 aromatic rings. The fraction of sp³-hybridized carbons (Fsp3) is 0.263. The van der Waals surface area contributed by atoms with Crippen molar-refractivity contribution in [3.63, 3.8) is 0 Å². The van der Waals surface area contributed by atoms with Gasteiger partial charge in [0.15, 0.2) is 0 Å². The maximum atomic E-state index is 3.54. The van der Waals surface area contributed by atoms with E-state index in [0.717, 1.165) is 19.5 Å². The number of nitrogens with one attached hydrogen (secondary N) is 2. The van der Waals surface area contributed by atoms with Gasteiger partial charge in [-0.1, -0.05) is 36.4 Å². The van der Waals surface area contributed by atoms with E-state index in [9.17, 15) is 0 Å². The smallest absolute Gasteiger partial charge is 0.0456 e. The van der Waals surface area contributed by atoms with Gasteiger partial charge in [0.05, 0.1) is 0 Å². The molecule has 0 aliphatic carbocycles. The van der Waals surface area contributed by atoms with Gasteiger partial charge in [-0.25, -0.2) is 0 Å². The van der Waals surface area contributed by atoms with Gasteiger partial charge in [0, 0.05) is 23.6 Å². The van der Waals surface area contributed by atoms with E-state index >= 15 is 0 Å². The SMILES string of the molecule is Cc1ccc(CNCCc2c[nH]c3ccccc23)cc1C. The molecule has 2 N–H and O–H groups in total. The van der Waals surface area contributed by atoms with Crippen LogP contribution in [0.2, 0.25) is 0 Å². The topological polar surface area (TPSA) is 27.8 Å². The molecule has 1 aromatic heterocycles. The molecule has 2 heteroatoms. The summed E-state index contributed by atoms with van der Waals surface area (Å²) in [4.78, 5) is 3.33. The standard InChI is InChI=1S/C19H22N2/c1-14-7-8-16(11-15(14)2)12-20-10-9-17-13-21-19-6-4-3-5-18(17)19/h3-8,11,13,20-21H,9-10,12H2,1-2H3. The number of H-pyrrole nitrogens is 1. The third-order valence-corrected chi connectivity index (χ3v) is 4.15. The Balaban J connectivity index is 1.55. The number of hydrogen-bond donors (Lipinski definition) is 2. The molecule has 0 amide bonds. The summed E-state index contributed by atoms with van der Waals surface area (Å²) in [7, 11) is 0. The van der Waals surface area contributed by atoms with Gasteiger partial charge >= 0.3 is 0 Å². The van der Waals surface area contributed by atoms with Gasteiger partial charge in [0.2, 0.25) is 0 Å². The molecule has 0 aliphatic heterocycles. The Bertz CT molecular complexity index is 740. The predicted molar refractivity (Wildman–Crippen MR) is 89.6 cm³/mol. The summed E-state index contributed by atoms with van der Waals surface area (Å²) in [6, 6.07) is 15.2. The van der Waals surface area contributed by atoms with Crippen LogP contribution in [-0.4, -0.2) is 11.5 Å². The van der Waals surface area contributed by atoms with E-state index in [-0.39, 0.29) is 0 Å². The van der Waals surface area contributed by atoms with E-state index in [0.29, 0.717) is 0 Å². The average molecular weight is 278 g/mol. The Morgan fingerprint density at radius 2 is 1.86 bits per heavy atom. The van der Waals surface area contributed by atoms with Gasteiger partial charge < -0.3 is 10.3 Å². The molecule has 0 unspecified atom stereocenters. The zero-order chi connectivity index (χ0) is 14.7. The molecule has 2 nitrogen and oxygen atoms in total. The Morgan fingerprint density at radius 1 is 1.00 bits per heavy atom. The molecular formula is C19H22N2. The van der Waals surface area contributed by atoms with Crippen LogP contribution in [0.1, 0.15) is 22.3 Å². The molecule has 0 saturated heterocycles. The fourth-order valence-corrected chi connectivity index (χ4v) is 2.71. The first kappa shape index (κ1) is 13.9. The molecule has 0 aliphatic rings. The molecule has 3 rings (SSSR count). The molecular weight excluding hydrogens is 256 g/mol. The predicted octanol–water partition coefficient (Wildman–Crippen LogP) is 4.12. The van der Waals surface area contributed by atoms with Crippen LogP contribution in [0, 0.1) is 13.8 Å². The van der Waals surface area contributed by atoms with Crippen molar-refractivity contribution in [3.05, 3.63) is 70.9 Å². The molecule has 108 valence electrons. The van der Waals surface area contributed by atoms with Crippen molar-refractivity contribution < 1.29 is 0 Å². The number of rotatable bonds is 5. The number of aromatic amines is 1. The van der Waals surface area contributed by atoms with Gasteiger partial charge in [-0.3, -0.25) is 0 Å². The second-order valence-electron chi connectivity index (χ2n) is 5.70. The minimum atomic E-state index is 0.934. The summed E-state index contributed by atoms with van der Waals surface area (Å²) in [6.07, 6.45) is 3.18. The highest BCUT2D eigenvalue weighted by Gasteiger charge is 2.02. The number of hydrogen-bond acceptors (Lipinski definition) is 1. The normalized spacial score (nSPS) is 11.1. The van der Waals surface area contributed by atoms with Crippen LogP contribution in [0.25, 0.3) is 10.9 Å². The molecule has 0 fully saturated rings. The molecule has 0 spiro atoms. The van der Waals surface area contributed by atoms with Gasteiger partial charge in [-0.05, 0) is 55.1 Å². The quantitative estimate of drug-likeness (QED) is 0.675. The molecule has 0 saturated carbocycles. The van der Waals surface area contributed by atoms with Crippen molar-refractivity contribution in [1.82, 2.24) is 10.3 Å². The first-order valence-electron chi connectivity index (χ1n) is 7.56. The number of benzene rings is 2. The van der Waals surface area contributed by atoms with Crippen LogP contribution in [0.4, 0.5) is 0 Å². The summed E-state index contributed by atoms with van der Waals surface area (Å²) in [6.45, 7) is 6.26. The van der Waals surface area contributed by atoms with Crippen LogP contribution in [0.3, 0.4) is 0 Å². The van der Waals surface area contributed by atoms with E-state index in [2.05, 4.69) is 72.8 Å². The highest BCUT2D eigenvalue weighted by molar-refractivity contribution is 5.83. The van der Waals surface area contributed by atoms with Crippen molar-refractivity contribution >= 4 is 10.9 Å². The molecule has 0 bridgehead atoms. The summed E-state index contributed by atoms with van der Waals surface area (Å²) in [5.41, 5.74) is 6.69. The van der Waals surface area contributed by atoms with Gasteiger partial charge in [-0.15, -0.1) is 0 Å². The van der Waals surface area contributed by atoms with Crippen molar-refractivity contribution in [2.75, 3.05) is 6.54 Å². The Labute approximate surface area is 126 Å². The number of aromatic nitrogens is 1. The van der Waals surface area contributed by atoms with E-state index in [1.54, 1.807) is 0 Å². The fourth-order valence-electron chi connectivity index (χ4n) is 2.71. The molecule has 0 atom stereocenters. The monoisotopic (exact) mass is 278 g/mol. The van der Waals surface area contributed by atoms with Crippen LogP contribution in [0.15, 0.2) is 48.7 Å². The molecule has 1 heterocycles. The van der Waals surface area contributed by atoms with Crippen LogP contribution < -0.4 is 5.32 Å². The van der Waals surface area contributed by atoms with Crippen molar-refractivity contribution in [1.29, 1.82) is 0 Å². The zero-order valence-electron chi connectivity index (χ0n) is 12.7. The highest BCUT2D eigenvalue weighted by Crippen LogP contribution is 2.17. The average Bonchev–Trinajstić information content (AvgIpc) is 2.91. The lowest BCUT2D eigenvalue weighted by atomic mass is 10.1. The Morgan fingerprint density at radius 3 is 2.71 bits per heavy atom. The summed E-state index contributed by atoms with van der Waals surface area (Å²) >= 11 is 0. The lowest BCUT2D eigenvalue weighted by molar-refractivity contribution is 0.688. The molecule has 21 heavy (non-hydrogen) atoms. The summed E-state index contributed by atoms with van der Waals surface area (Å²) in [5.74, 6) is 0. The summed E-state index contributed by atoms with van der Waals surface area (Å²) < 4.78 is 0. The Hall–Kier alpha value is -2.06. The summed E-state index contributed by atoms with van der Waals surface area (Å²) in [5, 5.41) is 4.88. The third-order valence-electron chi connectivity index (χ3n) is 4.15. The molecule has 2 aromatic carbocycles. The van der Waals surface area contributed by atoms with Crippen LogP contribution >= 0.6 is 0 Å². The number of para-hydroxylation sites is 1. The number of aryl methyl sites for hydroxylation is 2. The Kier molecular flexibility index (Phi) is 4.07. The molecule has 0 radical (unpaired) electrons. The van der Waals surface area contributed by atoms with E-state index in [1.807, 2.05) is 0 Å². The second-order valence-corrected chi connectivity index (χ2v) is 5.70. The van der Waals surface area contributed by atoms with E-state index in [1.165, 1.54) is 33.2 Å².